The molecule has 0 spiro atoms. The van der Waals surface area contributed by atoms with Gasteiger partial charge in [0, 0.05) is 15.4 Å². The minimum atomic E-state index is -1.16. The van der Waals surface area contributed by atoms with Crippen LogP contribution in [0, 0.1) is 0 Å². The van der Waals surface area contributed by atoms with Crippen LogP contribution >= 0.6 is 31.9 Å². The van der Waals surface area contributed by atoms with E-state index in [9.17, 15) is 9.90 Å². The van der Waals surface area contributed by atoms with E-state index in [1.54, 1.807) is 18.2 Å². The number of rotatable bonds is 3. The summed E-state index contributed by atoms with van der Waals surface area (Å²) in [7, 11) is 0. The lowest BCUT2D eigenvalue weighted by atomic mass is 9.99. The van der Waals surface area contributed by atoms with E-state index in [-0.39, 0.29) is 5.56 Å². The van der Waals surface area contributed by atoms with E-state index in [0.717, 1.165) is 20.9 Å². The summed E-state index contributed by atoms with van der Waals surface area (Å²) >= 11 is 6.86. The Hall–Kier alpha value is -1.13. The van der Waals surface area contributed by atoms with Crippen LogP contribution in [-0.4, -0.2) is 5.97 Å². The van der Waals surface area contributed by atoms with Crippen molar-refractivity contribution in [2.45, 2.75) is 5.33 Å². The lowest BCUT2D eigenvalue weighted by molar-refractivity contribution is -0.254. The number of carbonyl (C=O) groups is 1. The van der Waals surface area contributed by atoms with E-state index in [1.165, 1.54) is 0 Å². The predicted molar refractivity (Wildman–Crippen MR) is 76.5 cm³/mol. The maximum atomic E-state index is 11.1. The molecule has 0 unspecified atom stereocenters. The van der Waals surface area contributed by atoms with Gasteiger partial charge in [0.1, 0.15) is 0 Å². The molecule has 92 valence electrons. The van der Waals surface area contributed by atoms with Crippen LogP contribution < -0.4 is 5.11 Å². The summed E-state index contributed by atoms with van der Waals surface area (Å²) in [5.74, 6) is -1.16. The van der Waals surface area contributed by atoms with Crippen LogP contribution in [0.3, 0.4) is 0 Å². The van der Waals surface area contributed by atoms with Crippen molar-refractivity contribution < 1.29 is 9.90 Å². The van der Waals surface area contributed by atoms with E-state index in [2.05, 4.69) is 31.9 Å². The Morgan fingerprint density at radius 2 is 1.83 bits per heavy atom. The van der Waals surface area contributed by atoms with Gasteiger partial charge in [-0.05, 0) is 22.8 Å². The van der Waals surface area contributed by atoms with Crippen LogP contribution in [0.15, 0.2) is 46.9 Å². The first-order chi connectivity index (χ1) is 8.63. The summed E-state index contributed by atoms with van der Waals surface area (Å²) in [5, 5.41) is 11.9. The Kier molecular flexibility index (Phi) is 4.19. The van der Waals surface area contributed by atoms with Crippen LogP contribution in [0.4, 0.5) is 0 Å². The molecule has 0 fully saturated rings. The fraction of sp³-hybridized carbons (Fsp3) is 0.0714. The average Bonchev–Trinajstić information content (AvgIpc) is 2.38. The Morgan fingerprint density at radius 1 is 1.11 bits per heavy atom. The van der Waals surface area contributed by atoms with E-state index in [0.29, 0.717) is 5.56 Å². The molecular formula is C14H9Br2O2-. The first-order valence-corrected chi connectivity index (χ1v) is 7.20. The van der Waals surface area contributed by atoms with Crippen molar-refractivity contribution in [3.63, 3.8) is 0 Å². The third-order valence-electron chi connectivity index (χ3n) is 2.62. The first kappa shape index (κ1) is 13.3. The van der Waals surface area contributed by atoms with Gasteiger partial charge in [0.05, 0.1) is 5.97 Å². The normalized spacial score (nSPS) is 10.3. The van der Waals surface area contributed by atoms with Crippen LogP contribution in [0.5, 0.6) is 0 Å². The standard InChI is InChI=1S/C14H10Br2O2/c15-8-9-5-6-11(13(16)7-9)10-3-1-2-4-12(10)14(17)18/h1-7H,8H2,(H,17,18)/p-1. The molecule has 2 aromatic rings. The minimum Gasteiger partial charge on any atom is -0.545 e. The molecule has 0 saturated heterocycles. The Balaban J connectivity index is 2.59. The van der Waals surface area contributed by atoms with Gasteiger partial charge in [-0.15, -0.1) is 0 Å². The average molecular weight is 369 g/mol. The number of carboxylic acids is 1. The Bertz CT molecular complexity index is 594. The first-order valence-electron chi connectivity index (χ1n) is 5.28. The van der Waals surface area contributed by atoms with Crippen molar-refractivity contribution >= 4 is 37.8 Å². The molecule has 18 heavy (non-hydrogen) atoms. The lowest BCUT2D eigenvalue weighted by Crippen LogP contribution is -2.22. The van der Waals surface area contributed by atoms with Crippen molar-refractivity contribution in [1.29, 1.82) is 0 Å². The zero-order valence-corrected chi connectivity index (χ0v) is 12.5. The van der Waals surface area contributed by atoms with Crippen molar-refractivity contribution in [3.8, 4) is 11.1 Å². The maximum absolute atomic E-state index is 11.1. The number of hydrogen-bond acceptors (Lipinski definition) is 2. The van der Waals surface area contributed by atoms with E-state index < -0.39 is 5.97 Å². The number of halogens is 2. The van der Waals surface area contributed by atoms with Gasteiger partial charge in [-0.2, -0.15) is 0 Å². The quantitative estimate of drug-likeness (QED) is 0.779. The SMILES string of the molecule is O=C([O-])c1ccccc1-c1ccc(CBr)cc1Br. The number of carbonyl (C=O) groups excluding carboxylic acids is 1. The van der Waals surface area contributed by atoms with Crippen LogP contribution in [0.2, 0.25) is 0 Å². The second-order valence-electron chi connectivity index (χ2n) is 3.78. The van der Waals surface area contributed by atoms with Crippen LogP contribution in [-0.2, 0) is 5.33 Å². The fourth-order valence-corrected chi connectivity index (χ4v) is 2.74. The highest BCUT2D eigenvalue weighted by molar-refractivity contribution is 9.10. The van der Waals surface area contributed by atoms with Gasteiger partial charge < -0.3 is 9.90 Å². The maximum Gasteiger partial charge on any atom is 0.0721 e. The molecule has 4 heteroatoms. The number of alkyl halides is 1. The number of aromatic carboxylic acids is 1. The predicted octanol–water partition coefficient (Wildman–Crippen LogP) is 3.37. The molecule has 0 aliphatic heterocycles. The molecule has 0 aliphatic carbocycles. The van der Waals surface area contributed by atoms with Crippen LogP contribution in [0.1, 0.15) is 15.9 Å². The highest BCUT2D eigenvalue weighted by atomic mass is 79.9. The van der Waals surface area contributed by atoms with Gasteiger partial charge in [0.15, 0.2) is 0 Å². The van der Waals surface area contributed by atoms with Gasteiger partial charge >= 0.3 is 0 Å². The molecule has 0 N–H and O–H groups in total. The molecule has 2 rings (SSSR count). The number of benzene rings is 2. The monoisotopic (exact) mass is 367 g/mol. The smallest absolute Gasteiger partial charge is 0.0721 e. The van der Waals surface area contributed by atoms with E-state index >= 15 is 0 Å². The molecule has 0 aromatic heterocycles. The molecule has 2 nitrogen and oxygen atoms in total. The van der Waals surface area contributed by atoms with Crippen LogP contribution in [0.25, 0.3) is 11.1 Å². The summed E-state index contributed by atoms with van der Waals surface area (Å²) in [5.41, 5.74) is 2.83. The molecule has 0 atom stereocenters. The van der Waals surface area contributed by atoms with Gasteiger partial charge in [-0.1, -0.05) is 68.3 Å². The van der Waals surface area contributed by atoms with E-state index in [4.69, 9.17) is 0 Å². The summed E-state index contributed by atoms with van der Waals surface area (Å²) in [6.07, 6.45) is 0. The van der Waals surface area contributed by atoms with Crippen molar-refractivity contribution in [1.82, 2.24) is 0 Å². The zero-order valence-electron chi connectivity index (χ0n) is 9.32. The molecule has 0 aliphatic rings. The van der Waals surface area contributed by atoms with Crippen molar-refractivity contribution in [3.05, 3.63) is 58.1 Å². The summed E-state index contributed by atoms with van der Waals surface area (Å²) in [6, 6.07) is 12.7. The fourth-order valence-electron chi connectivity index (χ4n) is 1.76. The van der Waals surface area contributed by atoms with Gasteiger partial charge in [-0.25, -0.2) is 0 Å². The number of hydrogen-bond donors (Lipinski definition) is 0. The molecule has 0 radical (unpaired) electrons. The molecule has 0 saturated carbocycles. The van der Waals surface area contributed by atoms with E-state index in [1.807, 2.05) is 24.3 Å². The molecule has 0 bridgehead atoms. The van der Waals surface area contributed by atoms with Crippen molar-refractivity contribution in [2.24, 2.45) is 0 Å². The second kappa shape index (κ2) is 5.67. The third-order valence-corrected chi connectivity index (χ3v) is 3.93. The van der Waals surface area contributed by atoms with Gasteiger partial charge in [-0.3, -0.25) is 0 Å². The topological polar surface area (TPSA) is 40.1 Å². The van der Waals surface area contributed by atoms with Gasteiger partial charge in [0.2, 0.25) is 0 Å². The zero-order chi connectivity index (χ0) is 13.1. The largest absolute Gasteiger partial charge is 0.545 e. The Labute approximate surface area is 122 Å². The second-order valence-corrected chi connectivity index (χ2v) is 5.20. The minimum absolute atomic E-state index is 0.199. The number of carboxylic acid groups (broad SMARTS) is 1. The highest BCUT2D eigenvalue weighted by Gasteiger charge is 2.09. The Morgan fingerprint density at radius 3 is 2.44 bits per heavy atom. The molecular weight excluding hydrogens is 360 g/mol. The van der Waals surface area contributed by atoms with Crippen molar-refractivity contribution in [2.75, 3.05) is 0 Å². The van der Waals surface area contributed by atoms with Gasteiger partial charge in [0.25, 0.3) is 0 Å². The molecule has 0 heterocycles. The lowest BCUT2D eigenvalue weighted by Gasteiger charge is -2.12. The molecule has 2 aromatic carbocycles. The summed E-state index contributed by atoms with van der Waals surface area (Å²) < 4.78 is 0.869. The third kappa shape index (κ3) is 2.65. The molecule has 0 amide bonds. The summed E-state index contributed by atoms with van der Waals surface area (Å²) in [4.78, 5) is 11.1. The highest BCUT2D eigenvalue weighted by Crippen LogP contribution is 2.31. The summed E-state index contributed by atoms with van der Waals surface area (Å²) in [6.45, 7) is 0.